The van der Waals surface area contributed by atoms with E-state index in [2.05, 4.69) is 15.6 Å². The first-order valence-corrected chi connectivity index (χ1v) is 7.62. The molecule has 1 aliphatic rings. The minimum absolute atomic E-state index is 0.000896. The van der Waals surface area contributed by atoms with Crippen molar-refractivity contribution in [2.24, 2.45) is 0 Å². The molecule has 1 aliphatic carbocycles. The molecular formula is C16H18N4O3. The summed E-state index contributed by atoms with van der Waals surface area (Å²) < 4.78 is 1.42. The molecule has 2 aromatic rings. The van der Waals surface area contributed by atoms with Gasteiger partial charge in [-0.1, -0.05) is 35.5 Å². The molecule has 1 saturated carbocycles. The first kappa shape index (κ1) is 15.2. The maximum Gasteiger partial charge on any atom is 0.358 e. The van der Waals surface area contributed by atoms with E-state index in [0.717, 1.165) is 24.8 Å². The van der Waals surface area contributed by atoms with Crippen LogP contribution in [0.25, 0.3) is 0 Å². The Morgan fingerprint density at radius 3 is 2.65 bits per heavy atom. The van der Waals surface area contributed by atoms with Gasteiger partial charge in [0.1, 0.15) is 6.54 Å². The number of carbonyl (C=O) groups excluding carboxylic acids is 1. The van der Waals surface area contributed by atoms with Crippen molar-refractivity contribution >= 4 is 11.9 Å². The van der Waals surface area contributed by atoms with Gasteiger partial charge in [0, 0.05) is 12.5 Å². The Balaban J connectivity index is 1.57. The Morgan fingerprint density at radius 1 is 1.26 bits per heavy atom. The summed E-state index contributed by atoms with van der Waals surface area (Å²) in [5.41, 5.74) is 1.68. The summed E-state index contributed by atoms with van der Waals surface area (Å²) in [4.78, 5) is 23.2. The van der Waals surface area contributed by atoms with E-state index in [9.17, 15) is 9.59 Å². The molecule has 1 heterocycles. The Morgan fingerprint density at radius 2 is 2.00 bits per heavy atom. The molecule has 23 heavy (non-hydrogen) atoms. The summed E-state index contributed by atoms with van der Waals surface area (Å²) in [6.45, 7) is 0.531. The normalized spacial score (nSPS) is 13.7. The highest BCUT2D eigenvalue weighted by atomic mass is 16.4. The predicted octanol–water partition coefficient (Wildman–Crippen LogP) is 1.21. The fourth-order valence-corrected chi connectivity index (χ4v) is 2.53. The molecule has 0 aliphatic heterocycles. The number of hydrogen-bond donors (Lipinski definition) is 2. The van der Waals surface area contributed by atoms with Crippen molar-refractivity contribution in [2.45, 2.75) is 31.7 Å². The van der Waals surface area contributed by atoms with Gasteiger partial charge in [0.15, 0.2) is 5.69 Å². The number of rotatable bonds is 7. The van der Waals surface area contributed by atoms with E-state index in [1.165, 1.54) is 4.68 Å². The van der Waals surface area contributed by atoms with E-state index >= 15 is 0 Å². The Kier molecular flexibility index (Phi) is 4.36. The highest BCUT2D eigenvalue weighted by Gasteiger charge is 2.34. The molecule has 0 unspecified atom stereocenters. The molecule has 7 nitrogen and oxygen atoms in total. The second kappa shape index (κ2) is 6.60. The van der Waals surface area contributed by atoms with Crippen LogP contribution in [-0.4, -0.2) is 38.5 Å². The van der Waals surface area contributed by atoms with Crippen molar-refractivity contribution < 1.29 is 14.7 Å². The van der Waals surface area contributed by atoms with Gasteiger partial charge in [-0.15, -0.1) is 5.10 Å². The molecule has 2 N–H and O–H groups in total. The maximum atomic E-state index is 12.0. The van der Waals surface area contributed by atoms with Gasteiger partial charge in [-0.05, 0) is 24.8 Å². The number of nitrogens with zero attached hydrogens (tertiary/aromatic N) is 3. The highest BCUT2D eigenvalue weighted by molar-refractivity contribution is 5.87. The standard InChI is InChI=1S/C16H18N4O3/c21-13(17-9-8-11-4-2-1-3-5-11)10-20-15(12-6-7-12)14(16(22)23)18-19-20/h1-5,12H,6-10H2,(H,17,21)(H,22,23). The fourth-order valence-electron chi connectivity index (χ4n) is 2.53. The van der Waals surface area contributed by atoms with Crippen LogP contribution in [0.1, 0.15) is 40.5 Å². The number of carboxylic acid groups (broad SMARTS) is 1. The van der Waals surface area contributed by atoms with Crippen LogP contribution >= 0.6 is 0 Å². The Hall–Kier alpha value is -2.70. The van der Waals surface area contributed by atoms with Crippen molar-refractivity contribution in [3.8, 4) is 0 Å². The summed E-state index contributed by atoms with van der Waals surface area (Å²) in [5.74, 6) is -1.12. The number of benzene rings is 1. The van der Waals surface area contributed by atoms with E-state index in [0.29, 0.717) is 12.2 Å². The number of aromatic carboxylic acids is 1. The molecule has 3 rings (SSSR count). The molecule has 1 amide bonds. The molecule has 0 saturated heterocycles. The minimum Gasteiger partial charge on any atom is -0.476 e. The first-order valence-electron chi connectivity index (χ1n) is 7.62. The zero-order chi connectivity index (χ0) is 16.2. The molecular weight excluding hydrogens is 296 g/mol. The molecule has 0 bridgehead atoms. The average molecular weight is 314 g/mol. The van der Waals surface area contributed by atoms with Crippen molar-refractivity contribution in [1.82, 2.24) is 20.3 Å². The smallest absolute Gasteiger partial charge is 0.358 e. The summed E-state index contributed by atoms with van der Waals surface area (Å²) in [6, 6.07) is 9.89. The van der Waals surface area contributed by atoms with Crippen molar-refractivity contribution in [1.29, 1.82) is 0 Å². The number of nitrogens with one attached hydrogen (secondary N) is 1. The van der Waals surface area contributed by atoms with Crippen LogP contribution in [0.5, 0.6) is 0 Å². The number of carboxylic acids is 1. The van der Waals surface area contributed by atoms with Crippen LogP contribution in [0.15, 0.2) is 30.3 Å². The molecule has 7 heteroatoms. The van der Waals surface area contributed by atoms with Crippen LogP contribution in [0.2, 0.25) is 0 Å². The summed E-state index contributed by atoms with van der Waals surface area (Å²) in [5, 5.41) is 19.5. The van der Waals surface area contributed by atoms with Gasteiger partial charge in [-0.25, -0.2) is 9.48 Å². The average Bonchev–Trinajstić information content (AvgIpc) is 3.29. The van der Waals surface area contributed by atoms with E-state index in [-0.39, 0.29) is 24.1 Å². The van der Waals surface area contributed by atoms with Gasteiger partial charge in [-0.2, -0.15) is 0 Å². The predicted molar refractivity (Wildman–Crippen MR) is 82.1 cm³/mol. The highest BCUT2D eigenvalue weighted by Crippen LogP contribution is 2.41. The second-order valence-electron chi connectivity index (χ2n) is 5.65. The Labute approximate surface area is 133 Å². The summed E-state index contributed by atoms with van der Waals surface area (Å²) in [7, 11) is 0. The maximum absolute atomic E-state index is 12.0. The van der Waals surface area contributed by atoms with Gasteiger partial charge < -0.3 is 10.4 Å². The molecule has 1 aromatic carbocycles. The molecule has 120 valence electrons. The molecule has 0 atom stereocenters. The van der Waals surface area contributed by atoms with Gasteiger partial charge in [-0.3, -0.25) is 4.79 Å². The third-order valence-corrected chi connectivity index (χ3v) is 3.81. The van der Waals surface area contributed by atoms with Gasteiger partial charge in [0.05, 0.1) is 5.69 Å². The lowest BCUT2D eigenvalue weighted by atomic mass is 10.1. The van der Waals surface area contributed by atoms with Crippen LogP contribution in [0, 0.1) is 0 Å². The lowest BCUT2D eigenvalue weighted by molar-refractivity contribution is -0.121. The minimum atomic E-state index is -1.09. The van der Waals surface area contributed by atoms with Crippen LogP contribution in [0.4, 0.5) is 0 Å². The van der Waals surface area contributed by atoms with E-state index in [4.69, 9.17) is 5.11 Å². The zero-order valence-corrected chi connectivity index (χ0v) is 12.6. The monoisotopic (exact) mass is 314 g/mol. The number of aromatic nitrogens is 3. The molecule has 0 radical (unpaired) electrons. The third-order valence-electron chi connectivity index (χ3n) is 3.81. The van der Waals surface area contributed by atoms with Crippen molar-refractivity contribution in [3.63, 3.8) is 0 Å². The molecule has 0 spiro atoms. The van der Waals surface area contributed by atoms with Crippen LogP contribution in [0.3, 0.4) is 0 Å². The quantitative estimate of drug-likeness (QED) is 0.800. The largest absolute Gasteiger partial charge is 0.476 e. The molecule has 1 fully saturated rings. The van der Waals surface area contributed by atoms with Crippen LogP contribution in [-0.2, 0) is 17.8 Å². The number of hydrogen-bond acceptors (Lipinski definition) is 4. The van der Waals surface area contributed by atoms with E-state index < -0.39 is 5.97 Å². The van der Waals surface area contributed by atoms with Gasteiger partial charge in [0.2, 0.25) is 5.91 Å². The lowest BCUT2D eigenvalue weighted by Crippen LogP contribution is -2.30. The van der Waals surface area contributed by atoms with E-state index in [1.54, 1.807) is 0 Å². The van der Waals surface area contributed by atoms with Crippen molar-refractivity contribution in [2.75, 3.05) is 6.54 Å². The van der Waals surface area contributed by atoms with Gasteiger partial charge >= 0.3 is 5.97 Å². The second-order valence-corrected chi connectivity index (χ2v) is 5.65. The number of carbonyl (C=O) groups is 2. The summed E-state index contributed by atoms with van der Waals surface area (Å²) >= 11 is 0. The SMILES string of the molecule is O=C(Cn1nnc(C(=O)O)c1C1CC1)NCCc1ccccc1. The van der Waals surface area contributed by atoms with Crippen molar-refractivity contribution in [3.05, 3.63) is 47.3 Å². The lowest BCUT2D eigenvalue weighted by Gasteiger charge is -2.07. The van der Waals surface area contributed by atoms with E-state index in [1.807, 2.05) is 30.3 Å². The molecule has 1 aromatic heterocycles. The first-order chi connectivity index (χ1) is 11.1. The third kappa shape index (κ3) is 3.74. The fraction of sp³-hybridized carbons (Fsp3) is 0.375. The topological polar surface area (TPSA) is 97.1 Å². The Bertz CT molecular complexity index is 707. The number of amides is 1. The van der Waals surface area contributed by atoms with Crippen LogP contribution < -0.4 is 5.32 Å². The summed E-state index contributed by atoms with van der Waals surface area (Å²) in [6.07, 6.45) is 2.59. The van der Waals surface area contributed by atoms with Gasteiger partial charge in [0.25, 0.3) is 0 Å². The zero-order valence-electron chi connectivity index (χ0n) is 12.6.